The molecule has 0 aliphatic heterocycles. The lowest BCUT2D eigenvalue weighted by Crippen LogP contribution is -2.10. The van der Waals surface area contributed by atoms with Crippen molar-refractivity contribution in [3.8, 4) is 11.8 Å². The lowest BCUT2D eigenvalue weighted by molar-refractivity contribution is -0.137. The number of rotatable bonds is 5. The van der Waals surface area contributed by atoms with Gasteiger partial charge in [0.25, 0.3) is 0 Å². The fraction of sp³-hybridized carbons (Fsp3) is 0.357. The van der Waals surface area contributed by atoms with Gasteiger partial charge in [-0.3, -0.25) is 4.79 Å². The predicted molar refractivity (Wildman–Crippen MR) is 135 cm³/mol. The first kappa shape index (κ1) is 25.8. The highest BCUT2D eigenvalue weighted by atomic mass is 35.5. The zero-order valence-electron chi connectivity index (χ0n) is 20.6. The van der Waals surface area contributed by atoms with E-state index in [1.54, 1.807) is 24.5 Å². The third kappa shape index (κ3) is 4.62. The van der Waals surface area contributed by atoms with Gasteiger partial charge in [0, 0.05) is 34.4 Å². The van der Waals surface area contributed by atoms with E-state index in [1.165, 1.54) is 25.0 Å². The molecule has 8 heteroatoms. The van der Waals surface area contributed by atoms with Crippen molar-refractivity contribution >= 4 is 23.5 Å². The lowest BCUT2D eigenvalue weighted by Gasteiger charge is -2.17. The number of Topliss-reactive ketones (excluding diaryl/α,β-unsaturated/α-hetero) is 1. The third-order valence-corrected chi connectivity index (χ3v) is 7.39. The molecule has 1 aromatic carbocycles. The number of carbonyl (C=O) groups is 1. The normalized spacial score (nSPS) is 14.9. The number of halogens is 4. The van der Waals surface area contributed by atoms with Crippen molar-refractivity contribution in [3.63, 3.8) is 0 Å². The summed E-state index contributed by atoms with van der Waals surface area (Å²) in [5.41, 5.74) is 3.47. The zero-order valence-corrected chi connectivity index (χ0v) is 21.4. The van der Waals surface area contributed by atoms with Crippen molar-refractivity contribution in [1.82, 2.24) is 9.13 Å². The fourth-order valence-electron chi connectivity index (χ4n) is 5.35. The summed E-state index contributed by atoms with van der Waals surface area (Å²) in [6.07, 6.45) is 1.48. The third-order valence-electron chi connectivity index (χ3n) is 7.07. The highest BCUT2D eigenvalue weighted by Crippen LogP contribution is 2.36. The average Bonchev–Trinajstić information content (AvgIpc) is 3.50. The Morgan fingerprint density at radius 2 is 1.72 bits per heavy atom. The van der Waals surface area contributed by atoms with Crippen LogP contribution in [0.2, 0.25) is 5.02 Å². The van der Waals surface area contributed by atoms with Crippen molar-refractivity contribution in [3.05, 3.63) is 80.4 Å². The number of carbonyl (C=O) groups excluding carboxylic acids is 1. The Balaban J connectivity index is 1.75. The number of hydrogen-bond donors (Lipinski definition) is 0. The maximum atomic E-state index is 13.4. The molecule has 4 nitrogen and oxygen atoms in total. The maximum absolute atomic E-state index is 13.4. The predicted octanol–water partition coefficient (Wildman–Crippen LogP) is 8.09. The molecule has 1 aliphatic carbocycles. The van der Waals surface area contributed by atoms with E-state index in [0.717, 1.165) is 36.4 Å². The minimum atomic E-state index is -4.51. The van der Waals surface area contributed by atoms with E-state index in [2.05, 4.69) is 4.57 Å². The average molecular weight is 514 g/mol. The Bertz CT molecular complexity index is 1410. The summed E-state index contributed by atoms with van der Waals surface area (Å²) in [4.78, 5) is 13.4. The van der Waals surface area contributed by atoms with Gasteiger partial charge < -0.3 is 9.13 Å². The molecule has 0 atom stereocenters. The quantitative estimate of drug-likeness (QED) is 0.197. The highest BCUT2D eigenvalue weighted by molar-refractivity contribution is 6.32. The van der Waals surface area contributed by atoms with Gasteiger partial charge in [0.05, 0.1) is 16.3 Å². The second-order valence-corrected chi connectivity index (χ2v) is 9.83. The molecule has 1 fully saturated rings. The van der Waals surface area contributed by atoms with Crippen LogP contribution in [0.25, 0.3) is 11.8 Å². The number of benzene rings is 1. The number of ketones is 1. The van der Waals surface area contributed by atoms with Gasteiger partial charge >= 0.3 is 6.18 Å². The first-order valence-electron chi connectivity index (χ1n) is 11.8. The Kier molecular flexibility index (Phi) is 6.94. The molecule has 0 N–H and O–H groups in total. The molecule has 0 amide bonds. The van der Waals surface area contributed by atoms with Crippen LogP contribution >= 0.6 is 11.6 Å². The number of aromatic nitrogens is 2. The van der Waals surface area contributed by atoms with Gasteiger partial charge in [-0.15, -0.1) is 0 Å². The molecular weight excluding hydrogens is 487 g/mol. The van der Waals surface area contributed by atoms with Crippen LogP contribution < -0.4 is 0 Å². The first-order chi connectivity index (χ1) is 16.9. The summed E-state index contributed by atoms with van der Waals surface area (Å²) in [5, 5.41) is 10.0. The largest absolute Gasteiger partial charge is 0.416 e. The monoisotopic (exact) mass is 513 g/mol. The van der Waals surface area contributed by atoms with Crippen LogP contribution in [0.15, 0.2) is 35.9 Å². The molecule has 0 saturated heterocycles. The fourth-order valence-corrected chi connectivity index (χ4v) is 5.55. The van der Waals surface area contributed by atoms with E-state index in [4.69, 9.17) is 11.6 Å². The van der Waals surface area contributed by atoms with E-state index in [1.807, 2.05) is 26.0 Å². The van der Waals surface area contributed by atoms with Gasteiger partial charge in [-0.25, -0.2) is 0 Å². The minimum Gasteiger partial charge on any atom is -0.345 e. The van der Waals surface area contributed by atoms with Crippen LogP contribution in [0.3, 0.4) is 0 Å². The zero-order chi connectivity index (χ0) is 26.4. The van der Waals surface area contributed by atoms with E-state index >= 15 is 0 Å². The Morgan fingerprint density at radius 3 is 2.33 bits per heavy atom. The van der Waals surface area contributed by atoms with Gasteiger partial charge in [0.2, 0.25) is 5.78 Å². The molecule has 1 aliphatic rings. The number of nitriles is 1. The topological polar surface area (TPSA) is 50.7 Å². The van der Waals surface area contributed by atoms with Gasteiger partial charge in [-0.2, -0.15) is 18.4 Å². The Hall–Kier alpha value is -3.24. The molecule has 0 spiro atoms. The molecule has 36 heavy (non-hydrogen) atoms. The van der Waals surface area contributed by atoms with E-state index in [0.29, 0.717) is 28.6 Å². The summed E-state index contributed by atoms with van der Waals surface area (Å²) in [6.45, 7) is 7.35. The van der Waals surface area contributed by atoms with E-state index < -0.39 is 11.7 Å². The van der Waals surface area contributed by atoms with E-state index in [-0.39, 0.29) is 22.1 Å². The lowest BCUT2D eigenvalue weighted by atomic mass is 10.0. The van der Waals surface area contributed by atoms with Crippen molar-refractivity contribution in [2.45, 2.75) is 65.6 Å². The molecule has 0 radical (unpaired) electrons. The number of alkyl halides is 3. The SMILES string of the molecule is Cc1cc(/C=C(\C#N)C(=O)c2cc(C)n(C3CCCC3)c2C)c(C)n1-c1cc(C(F)(F)F)ccc1Cl. The van der Waals surface area contributed by atoms with Crippen LogP contribution in [-0.2, 0) is 6.18 Å². The second-order valence-electron chi connectivity index (χ2n) is 9.42. The molecule has 0 bridgehead atoms. The van der Waals surface area contributed by atoms with Gasteiger partial charge in [0.15, 0.2) is 0 Å². The summed E-state index contributed by atoms with van der Waals surface area (Å²) in [5.74, 6) is -0.364. The van der Waals surface area contributed by atoms with Crippen molar-refractivity contribution in [2.24, 2.45) is 0 Å². The maximum Gasteiger partial charge on any atom is 0.416 e. The number of nitrogens with zero attached hydrogens (tertiary/aromatic N) is 3. The van der Waals surface area contributed by atoms with Crippen LogP contribution in [0.1, 0.15) is 76.0 Å². The molecule has 1 saturated carbocycles. The van der Waals surface area contributed by atoms with Crippen molar-refractivity contribution in [2.75, 3.05) is 0 Å². The molecule has 188 valence electrons. The van der Waals surface area contributed by atoms with Crippen LogP contribution in [0.5, 0.6) is 0 Å². The number of aryl methyl sites for hydroxylation is 2. The summed E-state index contributed by atoms with van der Waals surface area (Å²) < 4.78 is 43.8. The number of allylic oxidation sites excluding steroid dienone is 1. The summed E-state index contributed by atoms with van der Waals surface area (Å²) >= 11 is 6.27. The second kappa shape index (κ2) is 9.67. The minimum absolute atomic E-state index is 0.0305. The molecule has 2 heterocycles. The van der Waals surface area contributed by atoms with Crippen LogP contribution in [0.4, 0.5) is 13.2 Å². The first-order valence-corrected chi connectivity index (χ1v) is 12.2. The van der Waals surface area contributed by atoms with Crippen molar-refractivity contribution in [1.29, 1.82) is 5.26 Å². The van der Waals surface area contributed by atoms with Crippen LogP contribution in [-0.4, -0.2) is 14.9 Å². The molecule has 0 unspecified atom stereocenters. The number of hydrogen-bond acceptors (Lipinski definition) is 2. The smallest absolute Gasteiger partial charge is 0.345 e. The van der Waals surface area contributed by atoms with Crippen molar-refractivity contribution < 1.29 is 18.0 Å². The van der Waals surface area contributed by atoms with E-state index in [9.17, 15) is 23.2 Å². The highest BCUT2D eigenvalue weighted by Gasteiger charge is 2.31. The Labute approximate surface area is 213 Å². The molecule has 2 aromatic heterocycles. The van der Waals surface area contributed by atoms with Gasteiger partial charge in [-0.05, 0) is 82.5 Å². The molecule has 3 aromatic rings. The standard InChI is InChI=1S/C28H27ClF3N3O/c1-16-11-20(18(3)35(16)26-14-22(28(30,31)32)9-10-25(26)29)13-21(15-33)27(36)24-12-17(2)34(19(24)4)23-7-5-6-8-23/h9-14,23H,5-8H2,1-4H3/b21-13+. The summed E-state index contributed by atoms with van der Waals surface area (Å²) in [6, 6.07) is 9.14. The van der Waals surface area contributed by atoms with Gasteiger partial charge in [-0.1, -0.05) is 24.4 Å². The molecule has 4 rings (SSSR count). The van der Waals surface area contributed by atoms with Crippen LogP contribution in [0, 0.1) is 39.0 Å². The van der Waals surface area contributed by atoms with Gasteiger partial charge in [0.1, 0.15) is 11.6 Å². The summed E-state index contributed by atoms with van der Waals surface area (Å²) in [7, 11) is 0. The molecular formula is C28H27ClF3N3O. The Morgan fingerprint density at radius 1 is 1.06 bits per heavy atom.